The fourth-order valence-corrected chi connectivity index (χ4v) is 2.32. The minimum atomic E-state index is -0.0204. The predicted molar refractivity (Wildman–Crippen MR) is 92.8 cm³/mol. The van der Waals surface area contributed by atoms with Crippen LogP contribution in [0.4, 0.5) is 0 Å². The molecule has 0 unspecified atom stereocenters. The Balaban J connectivity index is 1.72. The number of benzene rings is 3. The summed E-state index contributed by atoms with van der Waals surface area (Å²) in [7, 11) is 0. The maximum Gasteiger partial charge on any atom is 0.193 e. The quantitative estimate of drug-likeness (QED) is 0.628. The van der Waals surface area contributed by atoms with Crippen molar-refractivity contribution in [2.75, 3.05) is 0 Å². The topological polar surface area (TPSA) is 43.4 Å². The number of carbonyl (C=O) groups excluding carboxylic acids is 2. The number of hydrogen-bond donors (Lipinski definition) is 0. The number of rotatable bonds is 5. The molecule has 0 saturated carbocycles. The van der Waals surface area contributed by atoms with Crippen molar-refractivity contribution >= 4 is 11.6 Å². The highest BCUT2D eigenvalue weighted by atomic mass is 16.5. The van der Waals surface area contributed by atoms with E-state index in [0.717, 1.165) is 0 Å². The van der Waals surface area contributed by atoms with Crippen LogP contribution in [0.15, 0.2) is 78.9 Å². The molecular weight excluding hydrogens is 300 g/mol. The summed E-state index contributed by atoms with van der Waals surface area (Å²) in [5.41, 5.74) is 1.91. The lowest BCUT2D eigenvalue weighted by Crippen LogP contribution is -2.00. The van der Waals surface area contributed by atoms with E-state index in [4.69, 9.17) is 4.74 Å². The van der Waals surface area contributed by atoms with Crippen molar-refractivity contribution in [3.05, 3.63) is 95.6 Å². The molecule has 0 aliphatic carbocycles. The van der Waals surface area contributed by atoms with Gasteiger partial charge in [-0.05, 0) is 55.5 Å². The summed E-state index contributed by atoms with van der Waals surface area (Å²) in [5, 5.41) is 0. The molecule has 0 saturated heterocycles. The Morgan fingerprint density at radius 3 is 1.58 bits per heavy atom. The number of carbonyl (C=O) groups is 2. The normalized spacial score (nSPS) is 10.2. The zero-order valence-electron chi connectivity index (χ0n) is 13.2. The Morgan fingerprint density at radius 1 is 0.625 bits per heavy atom. The van der Waals surface area contributed by atoms with Crippen LogP contribution in [0.5, 0.6) is 11.5 Å². The van der Waals surface area contributed by atoms with Crippen LogP contribution in [-0.2, 0) is 0 Å². The smallest absolute Gasteiger partial charge is 0.193 e. The molecule has 0 fully saturated rings. The fraction of sp³-hybridized carbons (Fsp3) is 0.0476. The lowest BCUT2D eigenvalue weighted by Gasteiger charge is -2.07. The molecule has 3 aromatic carbocycles. The van der Waals surface area contributed by atoms with Crippen LogP contribution in [-0.4, -0.2) is 11.6 Å². The first-order valence-corrected chi connectivity index (χ1v) is 7.62. The molecule has 3 rings (SSSR count). The Bertz CT molecular complexity index is 848. The fourth-order valence-electron chi connectivity index (χ4n) is 2.32. The molecular formula is C21H16O3. The van der Waals surface area contributed by atoms with Crippen LogP contribution >= 0.6 is 0 Å². The monoisotopic (exact) mass is 316 g/mol. The average molecular weight is 316 g/mol. The third-order valence-electron chi connectivity index (χ3n) is 3.65. The molecule has 3 aromatic rings. The average Bonchev–Trinajstić information content (AvgIpc) is 2.63. The molecule has 0 atom stereocenters. The maximum absolute atomic E-state index is 12.3. The van der Waals surface area contributed by atoms with E-state index in [1.807, 2.05) is 18.2 Å². The van der Waals surface area contributed by atoms with Gasteiger partial charge in [-0.25, -0.2) is 0 Å². The number of ketones is 2. The van der Waals surface area contributed by atoms with Gasteiger partial charge in [-0.2, -0.15) is 0 Å². The molecule has 0 amide bonds. The van der Waals surface area contributed by atoms with E-state index in [1.54, 1.807) is 60.7 Å². The van der Waals surface area contributed by atoms with Crippen LogP contribution in [0.3, 0.4) is 0 Å². The third-order valence-corrected chi connectivity index (χ3v) is 3.65. The van der Waals surface area contributed by atoms with E-state index < -0.39 is 0 Å². The van der Waals surface area contributed by atoms with Crippen LogP contribution in [0.1, 0.15) is 33.2 Å². The van der Waals surface area contributed by atoms with Gasteiger partial charge in [0.1, 0.15) is 11.5 Å². The third kappa shape index (κ3) is 3.58. The lowest BCUT2D eigenvalue weighted by molar-refractivity contribution is 0.101. The highest BCUT2D eigenvalue weighted by molar-refractivity contribution is 6.09. The van der Waals surface area contributed by atoms with Crippen molar-refractivity contribution in [3.8, 4) is 11.5 Å². The van der Waals surface area contributed by atoms with Gasteiger partial charge in [-0.3, -0.25) is 9.59 Å². The summed E-state index contributed by atoms with van der Waals surface area (Å²) in [4.78, 5) is 23.6. The largest absolute Gasteiger partial charge is 0.457 e. The summed E-state index contributed by atoms with van der Waals surface area (Å²) < 4.78 is 5.73. The lowest BCUT2D eigenvalue weighted by atomic mass is 10.0. The molecule has 118 valence electrons. The molecule has 0 N–H and O–H groups in total. The second-order valence-electron chi connectivity index (χ2n) is 5.40. The van der Waals surface area contributed by atoms with E-state index >= 15 is 0 Å². The minimum absolute atomic E-state index is 0.0188. The molecule has 3 nitrogen and oxygen atoms in total. The van der Waals surface area contributed by atoms with E-state index in [-0.39, 0.29) is 11.6 Å². The van der Waals surface area contributed by atoms with Gasteiger partial charge >= 0.3 is 0 Å². The van der Waals surface area contributed by atoms with Crippen molar-refractivity contribution < 1.29 is 14.3 Å². The van der Waals surface area contributed by atoms with Crippen LogP contribution in [0, 0.1) is 0 Å². The van der Waals surface area contributed by atoms with Crippen LogP contribution < -0.4 is 4.74 Å². The highest BCUT2D eigenvalue weighted by Gasteiger charge is 2.08. The summed E-state index contributed by atoms with van der Waals surface area (Å²) in [6.07, 6.45) is 0. The van der Waals surface area contributed by atoms with Gasteiger partial charge in [-0.15, -0.1) is 0 Å². The van der Waals surface area contributed by atoms with Crippen molar-refractivity contribution in [1.29, 1.82) is 0 Å². The standard InChI is InChI=1S/C21H16O3/c1-15(22)16-7-11-19(12-8-16)24-20-13-9-18(10-14-20)21(23)17-5-3-2-4-6-17/h2-14H,1H3. The van der Waals surface area contributed by atoms with E-state index in [1.165, 1.54) is 6.92 Å². The van der Waals surface area contributed by atoms with E-state index in [0.29, 0.717) is 28.2 Å². The summed E-state index contributed by atoms with van der Waals surface area (Å²) in [6.45, 7) is 1.53. The second-order valence-corrected chi connectivity index (χ2v) is 5.40. The molecule has 0 aliphatic rings. The molecule has 0 radical (unpaired) electrons. The number of hydrogen-bond acceptors (Lipinski definition) is 3. The summed E-state index contributed by atoms with van der Waals surface area (Å²) >= 11 is 0. The highest BCUT2D eigenvalue weighted by Crippen LogP contribution is 2.23. The summed E-state index contributed by atoms with van der Waals surface area (Å²) in [5.74, 6) is 1.27. The van der Waals surface area contributed by atoms with Crippen molar-refractivity contribution in [2.24, 2.45) is 0 Å². The Morgan fingerprint density at radius 2 is 1.08 bits per heavy atom. The zero-order valence-corrected chi connectivity index (χ0v) is 13.2. The van der Waals surface area contributed by atoms with Crippen LogP contribution in [0.25, 0.3) is 0 Å². The minimum Gasteiger partial charge on any atom is -0.457 e. The molecule has 0 bridgehead atoms. The molecule has 0 heterocycles. The predicted octanol–water partition coefficient (Wildman–Crippen LogP) is 4.91. The molecule has 24 heavy (non-hydrogen) atoms. The van der Waals surface area contributed by atoms with Crippen molar-refractivity contribution in [1.82, 2.24) is 0 Å². The first-order valence-electron chi connectivity index (χ1n) is 7.62. The van der Waals surface area contributed by atoms with Gasteiger partial charge in [0.15, 0.2) is 11.6 Å². The van der Waals surface area contributed by atoms with Gasteiger partial charge in [-0.1, -0.05) is 30.3 Å². The van der Waals surface area contributed by atoms with Gasteiger partial charge in [0.25, 0.3) is 0 Å². The Kier molecular flexibility index (Phi) is 4.52. The Labute approximate surface area is 140 Å². The first-order chi connectivity index (χ1) is 11.6. The molecule has 0 aliphatic heterocycles. The molecule has 3 heteroatoms. The van der Waals surface area contributed by atoms with Gasteiger partial charge in [0.05, 0.1) is 0 Å². The molecule has 0 aromatic heterocycles. The SMILES string of the molecule is CC(=O)c1ccc(Oc2ccc(C(=O)c3ccccc3)cc2)cc1. The zero-order chi connectivity index (χ0) is 16.9. The first kappa shape index (κ1) is 15.7. The maximum atomic E-state index is 12.3. The Hall–Kier alpha value is -3.20. The second kappa shape index (κ2) is 6.92. The van der Waals surface area contributed by atoms with Gasteiger partial charge < -0.3 is 4.74 Å². The van der Waals surface area contributed by atoms with Crippen LogP contribution in [0.2, 0.25) is 0 Å². The number of Topliss-reactive ketones (excluding diaryl/α,β-unsaturated/α-hetero) is 1. The number of ether oxygens (including phenoxy) is 1. The van der Waals surface area contributed by atoms with Gasteiger partial charge in [0, 0.05) is 16.7 Å². The van der Waals surface area contributed by atoms with Gasteiger partial charge in [0.2, 0.25) is 0 Å². The summed E-state index contributed by atoms with van der Waals surface area (Å²) in [6, 6.07) is 23.1. The van der Waals surface area contributed by atoms with Crippen molar-refractivity contribution in [3.63, 3.8) is 0 Å². The van der Waals surface area contributed by atoms with Crippen molar-refractivity contribution in [2.45, 2.75) is 6.92 Å². The molecule has 0 spiro atoms. The van der Waals surface area contributed by atoms with E-state index in [2.05, 4.69) is 0 Å². The van der Waals surface area contributed by atoms with E-state index in [9.17, 15) is 9.59 Å².